The quantitative estimate of drug-likeness (QED) is 0.152. The fourth-order valence-electron chi connectivity index (χ4n) is 7.75. The Kier molecular flexibility index (Phi) is 9.68. The normalized spacial score (nSPS) is 16.3. The Morgan fingerprint density at radius 3 is 2.22 bits per heavy atom. The molecule has 2 fully saturated rings. The van der Waals surface area contributed by atoms with Gasteiger partial charge in [-0.2, -0.15) is 10.3 Å². The van der Waals surface area contributed by atoms with E-state index in [1.165, 1.54) is 92.3 Å². The zero-order chi connectivity index (χ0) is 31.1. The molecule has 2 aliphatic carbocycles. The molecule has 0 bridgehead atoms. The monoisotopic (exact) mass is 616 g/mol. The van der Waals surface area contributed by atoms with E-state index in [0.29, 0.717) is 17.7 Å². The molecule has 5 aromatic rings. The Morgan fingerprint density at radius 2 is 1.52 bits per heavy atom. The van der Waals surface area contributed by atoms with Gasteiger partial charge < -0.3 is 4.57 Å². The van der Waals surface area contributed by atoms with Crippen LogP contribution in [0.1, 0.15) is 130 Å². The average Bonchev–Trinajstić information content (AvgIpc) is 3.87. The van der Waals surface area contributed by atoms with Crippen molar-refractivity contribution in [3.8, 4) is 17.2 Å². The standard InChI is InChI=1S/C38H48N8/c1-2-3-19-36-39-35(25-22-28-13-7-4-8-14-28)42-45(36)27-29-20-23-32(24-21-29)46-34(31-17-11-6-12-18-31)26-33(30-15-9-5-10-16-30)37(46)38-40-43-44-41-38/h4,7-8,13-14,20-21,23-24,26,30-31H,2-3,5-6,9-12,15-19,22,25,27H2,1H3,(H,40,41,43,44). The zero-order valence-corrected chi connectivity index (χ0v) is 27.4. The molecule has 0 unspecified atom stereocenters. The molecule has 8 nitrogen and oxygen atoms in total. The highest BCUT2D eigenvalue weighted by Crippen LogP contribution is 2.44. The molecule has 7 rings (SSSR count). The number of benzene rings is 2. The molecule has 2 saturated carbocycles. The Labute approximate surface area is 273 Å². The minimum Gasteiger partial charge on any atom is -0.310 e. The molecule has 0 amide bonds. The van der Waals surface area contributed by atoms with Gasteiger partial charge in [0.25, 0.3) is 0 Å². The summed E-state index contributed by atoms with van der Waals surface area (Å²) >= 11 is 0. The second-order valence-electron chi connectivity index (χ2n) is 13.5. The summed E-state index contributed by atoms with van der Waals surface area (Å²) in [6.45, 7) is 2.96. The van der Waals surface area contributed by atoms with Gasteiger partial charge in [0.1, 0.15) is 5.82 Å². The third-order valence-corrected chi connectivity index (χ3v) is 10.2. The lowest BCUT2D eigenvalue weighted by molar-refractivity contribution is 0.432. The van der Waals surface area contributed by atoms with Crippen molar-refractivity contribution in [2.75, 3.05) is 0 Å². The number of nitrogens with zero attached hydrogens (tertiary/aromatic N) is 7. The van der Waals surface area contributed by atoms with E-state index in [1.54, 1.807) is 0 Å². The highest BCUT2D eigenvalue weighted by Gasteiger charge is 2.30. The molecular weight excluding hydrogens is 568 g/mol. The van der Waals surface area contributed by atoms with Crippen LogP contribution in [-0.4, -0.2) is 40.0 Å². The van der Waals surface area contributed by atoms with Crippen molar-refractivity contribution in [1.82, 2.24) is 40.0 Å². The van der Waals surface area contributed by atoms with Crippen LogP contribution in [0.15, 0.2) is 60.7 Å². The number of H-pyrrole nitrogens is 1. The molecule has 3 heterocycles. The summed E-state index contributed by atoms with van der Waals surface area (Å²) in [7, 11) is 0. The van der Waals surface area contributed by atoms with E-state index in [9.17, 15) is 0 Å². The van der Waals surface area contributed by atoms with Gasteiger partial charge in [-0.15, -0.1) is 10.2 Å². The van der Waals surface area contributed by atoms with Crippen LogP contribution in [0, 0.1) is 0 Å². The Balaban J connectivity index is 1.20. The molecule has 8 heteroatoms. The van der Waals surface area contributed by atoms with E-state index >= 15 is 0 Å². The smallest absolute Gasteiger partial charge is 0.221 e. The lowest BCUT2D eigenvalue weighted by atomic mass is 9.82. The number of nitrogens with one attached hydrogen (secondary N) is 1. The maximum absolute atomic E-state index is 5.01. The third-order valence-electron chi connectivity index (χ3n) is 10.2. The number of rotatable bonds is 12. The van der Waals surface area contributed by atoms with Crippen LogP contribution in [0.25, 0.3) is 17.2 Å². The van der Waals surface area contributed by atoms with Crippen LogP contribution in [-0.2, 0) is 25.8 Å². The lowest BCUT2D eigenvalue weighted by Gasteiger charge is -2.24. The predicted octanol–water partition coefficient (Wildman–Crippen LogP) is 8.52. The van der Waals surface area contributed by atoms with Crippen molar-refractivity contribution >= 4 is 0 Å². The van der Waals surface area contributed by atoms with E-state index in [1.807, 2.05) is 0 Å². The Bertz CT molecular complexity index is 1650. The highest BCUT2D eigenvalue weighted by atomic mass is 15.5. The second kappa shape index (κ2) is 14.6. The average molecular weight is 617 g/mol. The van der Waals surface area contributed by atoms with Crippen LogP contribution < -0.4 is 0 Å². The maximum atomic E-state index is 5.01. The molecule has 0 aliphatic heterocycles. The summed E-state index contributed by atoms with van der Waals surface area (Å²) in [6.07, 6.45) is 17.9. The van der Waals surface area contributed by atoms with Gasteiger partial charge in [0, 0.05) is 24.2 Å². The number of aromatic nitrogens is 8. The molecule has 240 valence electrons. The van der Waals surface area contributed by atoms with Gasteiger partial charge in [-0.05, 0) is 90.5 Å². The number of unbranched alkanes of at least 4 members (excludes halogenated alkanes) is 1. The van der Waals surface area contributed by atoms with Crippen LogP contribution in [0.3, 0.4) is 0 Å². The first kappa shape index (κ1) is 30.6. The first-order valence-electron chi connectivity index (χ1n) is 17.8. The SMILES string of the molecule is CCCCc1nc(CCc2ccccc2)nn1Cc1ccc(-n2c(C3CCCCC3)cc(C3CCCCC3)c2-c2nn[nH]n2)cc1. The third kappa shape index (κ3) is 6.86. The van der Waals surface area contributed by atoms with Crippen LogP contribution >= 0.6 is 0 Å². The van der Waals surface area contributed by atoms with Gasteiger partial charge in [0.15, 0.2) is 5.82 Å². The van der Waals surface area contributed by atoms with Crippen molar-refractivity contribution in [2.45, 2.75) is 122 Å². The number of aryl methyl sites for hydroxylation is 3. The molecule has 0 radical (unpaired) electrons. The first-order chi connectivity index (χ1) is 22.8. The van der Waals surface area contributed by atoms with Gasteiger partial charge in [0.2, 0.25) is 5.82 Å². The van der Waals surface area contributed by atoms with Crippen molar-refractivity contribution in [2.24, 2.45) is 0 Å². The molecule has 0 atom stereocenters. The van der Waals surface area contributed by atoms with E-state index in [4.69, 9.17) is 10.1 Å². The molecular formula is C38H48N8. The lowest BCUT2D eigenvalue weighted by Crippen LogP contribution is -2.12. The molecule has 46 heavy (non-hydrogen) atoms. The topological polar surface area (TPSA) is 90.1 Å². The number of hydrogen-bond donors (Lipinski definition) is 1. The molecule has 0 spiro atoms. The fraction of sp³-hybridized carbons (Fsp3) is 0.500. The van der Waals surface area contributed by atoms with Gasteiger partial charge in [-0.25, -0.2) is 9.67 Å². The maximum Gasteiger partial charge on any atom is 0.221 e. The minimum absolute atomic E-state index is 0.551. The number of hydrogen-bond acceptors (Lipinski definition) is 5. The van der Waals surface area contributed by atoms with E-state index in [-0.39, 0.29) is 0 Å². The number of tetrazole rings is 1. The van der Waals surface area contributed by atoms with Crippen molar-refractivity contribution in [3.63, 3.8) is 0 Å². The van der Waals surface area contributed by atoms with Gasteiger partial charge in [-0.1, -0.05) is 94.3 Å². The molecule has 3 aromatic heterocycles. The van der Waals surface area contributed by atoms with Crippen molar-refractivity contribution in [1.29, 1.82) is 0 Å². The van der Waals surface area contributed by atoms with Gasteiger partial charge in [-0.3, -0.25) is 0 Å². The first-order valence-corrected chi connectivity index (χ1v) is 17.8. The van der Waals surface area contributed by atoms with Gasteiger partial charge >= 0.3 is 0 Å². The molecule has 1 N–H and O–H groups in total. The number of aromatic amines is 1. The van der Waals surface area contributed by atoms with E-state index < -0.39 is 0 Å². The Hall–Kier alpha value is -4.07. The Morgan fingerprint density at radius 1 is 0.783 bits per heavy atom. The van der Waals surface area contributed by atoms with E-state index in [2.05, 4.69) is 97.5 Å². The highest BCUT2D eigenvalue weighted by molar-refractivity contribution is 5.63. The summed E-state index contributed by atoms with van der Waals surface area (Å²) in [5.74, 6) is 3.85. The summed E-state index contributed by atoms with van der Waals surface area (Å²) in [5.41, 5.74) is 7.72. The molecule has 2 aliphatic rings. The summed E-state index contributed by atoms with van der Waals surface area (Å²) in [4.78, 5) is 5.00. The predicted molar refractivity (Wildman–Crippen MR) is 182 cm³/mol. The van der Waals surface area contributed by atoms with Crippen molar-refractivity contribution in [3.05, 3.63) is 94.7 Å². The zero-order valence-electron chi connectivity index (χ0n) is 27.4. The van der Waals surface area contributed by atoms with Crippen LogP contribution in [0.2, 0.25) is 0 Å². The van der Waals surface area contributed by atoms with Gasteiger partial charge in [0.05, 0.1) is 12.2 Å². The summed E-state index contributed by atoms with van der Waals surface area (Å²) < 4.78 is 4.62. The van der Waals surface area contributed by atoms with E-state index in [0.717, 1.165) is 56.0 Å². The summed E-state index contributed by atoms with van der Waals surface area (Å²) in [6, 6.07) is 22.3. The van der Waals surface area contributed by atoms with Crippen molar-refractivity contribution < 1.29 is 0 Å². The molecule has 2 aromatic carbocycles. The van der Waals surface area contributed by atoms with Crippen LogP contribution in [0.5, 0.6) is 0 Å². The summed E-state index contributed by atoms with van der Waals surface area (Å²) in [5, 5.41) is 20.8. The fourth-order valence-corrected chi connectivity index (χ4v) is 7.75. The molecule has 0 saturated heterocycles. The minimum atomic E-state index is 0.551. The largest absolute Gasteiger partial charge is 0.310 e. The second-order valence-corrected chi connectivity index (χ2v) is 13.5. The van der Waals surface area contributed by atoms with Crippen LogP contribution in [0.4, 0.5) is 0 Å².